The third-order valence-corrected chi connectivity index (χ3v) is 1.78. The molecule has 0 amide bonds. The lowest BCUT2D eigenvalue weighted by Gasteiger charge is -2.06. The first-order chi connectivity index (χ1) is 5.61. The molecule has 0 fully saturated rings. The Morgan fingerprint density at radius 2 is 2.25 bits per heavy atom. The van der Waals surface area contributed by atoms with Gasteiger partial charge in [-0.1, -0.05) is 12.1 Å². The molecule has 3 nitrogen and oxygen atoms in total. The molecule has 0 spiro atoms. The summed E-state index contributed by atoms with van der Waals surface area (Å²) < 4.78 is 0. The molecule has 0 aliphatic carbocycles. The van der Waals surface area contributed by atoms with Gasteiger partial charge >= 0.3 is 5.97 Å². The van der Waals surface area contributed by atoms with Crippen LogP contribution < -0.4 is 5.73 Å². The van der Waals surface area contributed by atoms with Crippen molar-refractivity contribution in [3.63, 3.8) is 0 Å². The molecule has 1 rings (SSSR count). The Morgan fingerprint density at radius 1 is 1.58 bits per heavy atom. The van der Waals surface area contributed by atoms with Crippen LogP contribution in [0.3, 0.4) is 0 Å². The largest absolute Gasteiger partial charge is 0.481 e. The van der Waals surface area contributed by atoms with Crippen LogP contribution in [-0.2, 0) is 4.79 Å². The second-order valence-corrected chi connectivity index (χ2v) is 2.73. The standard InChI is InChI=1S/C9H11NO2/c1-6(9(11)12)7-3-2-4-8(10)5-7/h2-6H,10H2,1H3,(H,11,12)/t6-/m1/s1. The Hall–Kier alpha value is -1.51. The normalized spacial score (nSPS) is 12.4. The minimum Gasteiger partial charge on any atom is -0.481 e. The maximum atomic E-state index is 10.6. The molecule has 1 aromatic carbocycles. The Bertz CT molecular complexity index is 296. The number of hydrogen-bond donors (Lipinski definition) is 2. The molecule has 0 radical (unpaired) electrons. The van der Waals surface area contributed by atoms with Gasteiger partial charge in [0.1, 0.15) is 0 Å². The zero-order valence-electron chi connectivity index (χ0n) is 6.82. The summed E-state index contributed by atoms with van der Waals surface area (Å²) in [7, 11) is 0. The maximum Gasteiger partial charge on any atom is 0.310 e. The summed E-state index contributed by atoms with van der Waals surface area (Å²) >= 11 is 0. The molecule has 0 saturated heterocycles. The number of carboxylic acids is 1. The molecule has 1 atom stereocenters. The lowest BCUT2D eigenvalue weighted by molar-refractivity contribution is -0.138. The molecule has 64 valence electrons. The lowest BCUT2D eigenvalue weighted by Crippen LogP contribution is -2.07. The third-order valence-electron chi connectivity index (χ3n) is 1.78. The number of carboxylic acid groups (broad SMARTS) is 1. The highest BCUT2D eigenvalue weighted by Gasteiger charge is 2.12. The molecule has 1 aromatic rings. The van der Waals surface area contributed by atoms with E-state index >= 15 is 0 Å². The number of benzene rings is 1. The van der Waals surface area contributed by atoms with Crippen molar-refractivity contribution in [1.82, 2.24) is 0 Å². The van der Waals surface area contributed by atoms with Crippen LogP contribution in [0, 0.1) is 0 Å². The number of rotatable bonds is 2. The van der Waals surface area contributed by atoms with Crippen LogP contribution in [0.1, 0.15) is 18.4 Å². The van der Waals surface area contributed by atoms with Crippen LogP contribution in [0.5, 0.6) is 0 Å². The first-order valence-electron chi connectivity index (χ1n) is 3.69. The van der Waals surface area contributed by atoms with Gasteiger partial charge in [0.15, 0.2) is 0 Å². The van der Waals surface area contributed by atoms with Gasteiger partial charge in [0.25, 0.3) is 0 Å². The fraction of sp³-hybridized carbons (Fsp3) is 0.222. The summed E-state index contributed by atoms with van der Waals surface area (Å²) in [6.07, 6.45) is 0. The van der Waals surface area contributed by atoms with Gasteiger partial charge in [0.2, 0.25) is 0 Å². The third kappa shape index (κ3) is 1.75. The topological polar surface area (TPSA) is 63.3 Å². The van der Waals surface area contributed by atoms with Crippen molar-refractivity contribution >= 4 is 11.7 Å². The van der Waals surface area contributed by atoms with Gasteiger partial charge in [-0.05, 0) is 24.6 Å². The molecule has 0 aliphatic rings. The number of nitrogens with two attached hydrogens (primary N) is 1. The van der Waals surface area contributed by atoms with Gasteiger partial charge in [-0.15, -0.1) is 0 Å². The molecule has 0 aromatic heterocycles. The van der Waals surface area contributed by atoms with Crippen molar-refractivity contribution in [2.75, 3.05) is 5.73 Å². The summed E-state index contributed by atoms with van der Waals surface area (Å²) in [4.78, 5) is 10.6. The molecule has 3 N–H and O–H groups in total. The van der Waals surface area contributed by atoms with E-state index in [0.717, 1.165) is 5.56 Å². The van der Waals surface area contributed by atoms with Crippen molar-refractivity contribution in [2.45, 2.75) is 12.8 Å². The van der Waals surface area contributed by atoms with Crippen molar-refractivity contribution in [3.05, 3.63) is 29.8 Å². The van der Waals surface area contributed by atoms with Gasteiger partial charge < -0.3 is 10.8 Å². The van der Waals surface area contributed by atoms with E-state index in [0.29, 0.717) is 5.69 Å². The molecular formula is C9H11NO2. The van der Waals surface area contributed by atoms with Crippen molar-refractivity contribution < 1.29 is 9.90 Å². The van der Waals surface area contributed by atoms with Gasteiger partial charge in [-0.25, -0.2) is 0 Å². The zero-order valence-corrected chi connectivity index (χ0v) is 6.82. The van der Waals surface area contributed by atoms with Crippen LogP contribution in [0.25, 0.3) is 0 Å². The van der Waals surface area contributed by atoms with E-state index in [1.54, 1.807) is 31.2 Å². The molecule has 0 unspecified atom stereocenters. The van der Waals surface area contributed by atoms with E-state index in [1.165, 1.54) is 0 Å². The monoisotopic (exact) mass is 165 g/mol. The second-order valence-electron chi connectivity index (χ2n) is 2.73. The highest BCUT2D eigenvalue weighted by Crippen LogP contribution is 2.17. The fourth-order valence-electron chi connectivity index (χ4n) is 0.971. The number of carbonyl (C=O) groups is 1. The van der Waals surface area contributed by atoms with Crippen molar-refractivity contribution in [2.24, 2.45) is 0 Å². The quantitative estimate of drug-likeness (QED) is 0.652. The average Bonchev–Trinajstić information content (AvgIpc) is 2.03. The molecule has 0 saturated carbocycles. The number of hydrogen-bond acceptors (Lipinski definition) is 2. The first-order valence-corrected chi connectivity index (χ1v) is 3.69. The Morgan fingerprint density at radius 3 is 2.75 bits per heavy atom. The first kappa shape index (κ1) is 8.59. The van der Waals surface area contributed by atoms with E-state index in [9.17, 15) is 4.79 Å². The molecule has 12 heavy (non-hydrogen) atoms. The predicted molar refractivity (Wildman–Crippen MR) is 46.9 cm³/mol. The Labute approximate surface area is 70.8 Å². The van der Waals surface area contributed by atoms with Crippen LogP contribution in [-0.4, -0.2) is 11.1 Å². The average molecular weight is 165 g/mol. The number of anilines is 1. The lowest BCUT2D eigenvalue weighted by atomic mass is 10.0. The minimum absolute atomic E-state index is 0.492. The van der Waals surface area contributed by atoms with Crippen LogP contribution >= 0.6 is 0 Å². The van der Waals surface area contributed by atoms with E-state index in [1.807, 2.05) is 0 Å². The smallest absolute Gasteiger partial charge is 0.310 e. The van der Waals surface area contributed by atoms with Gasteiger partial charge in [-0.2, -0.15) is 0 Å². The van der Waals surface area contributed by atoms with E-state index in [-0.39, 0.29) is 0 Å². The van der Waals surface area contributed by atoms with E-state index in [2.05, 4.69) is 0 Å². The van der Waals surface area contributed by atoms with Crippen molar-refractivity contribution in [3.8, 4) is 0 Å². The summed E-state index contributed by atoms with van der Waals surface area (Å²) in [5.41, 5.74) is 6.84. The predicted octanol–water partition coefficient (Wildman–Crippen LogP) is 1.46. The van der Waals surface area contributed by atoms with Crippen LogP contribution in [0.2, 0.25) is 0 Å². The van der Waals surface area contributed by atoms with Crippen LogP contribution in [0.15, 0.2) is 24.3 Å². The summed E-state index contributed by atoms with van der Waals surface area (Å²) in [5.74, 6) is -1.32. The fourth-order valence-corrected chi connectivity index (χ4v) is 0.971. The molecule has 0 bridgehead atoms. The molecule has 0 aliphatic heterocycles. The minimum atomic E-state index is -0.833. The second kappa shape index (κ2) is 3.26. The molecule has 0 heterocycles. The Kier molecular flexibility index (Phi) is 2.33. The SMILES string of the molecule is C[C@@H](C(=O)O)c1cccc(N)c1. The van der Waals surface area contributed by atoms with Gasteiger partial charge in [0.05, 0.1) is 5.92 Å². The van der Waals surface area contributed by atoms with E-state index < -0.39 is 11.9 Å². The van der Waals surface area contributed by atoms with Crippen LogP contribution in [0.4, 0.5) is 5.69 Å². The maximum absolute atomic E-state index is 10.6. The molecule has 3 heteroatoms. The summed E-state index contributed by atoms with van der Waals surface area (Å²) in [6, 6.07) is 6.93. The Balaban J connectivity index is 2.95. The zero-order chi connectivity index (χ0) is 9.14. The molecular weight excluding hydrogens is 154 g/mol. The van der Waals surface area contributed by atoms with E-state index in [4.69, 9.17) is 10.8 Å². The van der Waals surface area contributed by atoms with Crippen molar-refractivity contribution in [1.29, 1.82) is 0 Å². The summed E-state index contributed by atoms with van der Waals surface area (Å²) in [6.45, 7) is 1.64. The number of nitrogen functional groups attached to an aromatic ring is 1. The summed E-state index contributed by atoms with van der Waals surface area (Å²) in [5, 5.41) is 8.69. The number of aliphatic carboxylic acids is 1. The highest BCUT2D eigenvalue weighted by atomic mass is 16.4. The highest BCUT2D eigenvalue weighted by molar-refractivity contribution is 5.75. The van der Waals surface area contributed by atoms with Gasteiger partial charge in [0, 0.05) is 5.69 Å². The van der Waals surface area contributed by atoms with Gasteiger partial charge in [-0.3, -0.25) is 4.79 Å².